The standard InChI is InChI=1S/C22H25FN6O/c1-27(22-20(23)21(16-5-6-16)24-14-25-22)13-15-7-10-28(11-8-15)18-12-19(30)29-9-3-2-4-17(29)26-18/h2-4,9,12,14-16H,5-8,10-11,13H2,1H3. The van der Waals surface area contributed by atoms with Gasteiger partial charge in [0.15, 0.2) is 11.6 Å². The minimum absolute atomic E-state index is 0.0665. The Labute approximate surface area is 174 Å². The van der Waals surface area contributed by atoms with E-state index in [2.05, 4.69) is 19.9 Å². The lowest BCUT2D eigenvalue weighted by molar-refractivity contribution is 0.405. The summed E-state index contributed by atoms with van der Waals surface area (Å²) in [4.78, 5) is 29.4. The number of pyridine rings is 1. The van der Waals surface area contributed by atoms with E-state index < -0.39 is 0 Å². The van der Waals surface area contributed by atoms with Crippen molar-refractivity contribution in [2.45, 2.75) is 31.6 Å². The lowest BCUT2D eigenvalue weighted by Crippen LogP contribution is -2.39. The smallest absolute Gasteiger partial charge is 0.259 e. The Morgan fingerprint density at radius 1 is 1.17 bits per heavy atom. The van der Waals surface area contributed by atoms with Crippen LogP contribution in [-0.4, -0.2) is 46.0 Å². The van der Waals surface area contributed by atoms with Crippen LogP contribution < -0.4 is 15.4 Å². The van der Waals surface area contributed by atoms with E-state index in [4.69, 9.17) is 0 Å². The van der Waals surface area contributed by atoms with Gasteiger partial charge in [-0.1, -0.05) is 6.07 Å². The number of hydrogen-bond acceptors (Lipinski definition) is 6. The predicted octanol–water partition coefficient (Wildman–Crippen LogP) is 2.85. The van der Waals surface area contributed by atoms with Gasteiger partial charge < -0.3 is 9.80 Å². The van der Waals surface area contributed by atoms with E-state index in [0.717, 1.165) is 51.1 Å². The van der Waals surface area contributed by atoms with Gasteiger partial charge in [-0.2, -0.15) is 0 Å². The van der Waals surface area contributed by atoms with Crippen LogP contribution in [0.25, 0.3) is 5.65 Å². The molecule has 3 aromatic heterocycles. The number of hydrogen-bond donors (Lipinski definition) is 0. The molecule has 0 N–H and O–H groups in total. The Bertz CT molecular complexity index is 1120. The monoisotopic (exact) mass is 408 g/mol. The van der Waals surface area contributed by atoms with Gasteiger partial charge in [-0.05, 0) is 43.7 Å². The van der Waals surface area contributed by atoms with Crippen molar-refractivity contribution < 1.29 is 4.39 Å². The Kier molecular flexibility index (Phi) is 4.84. The average molecular weight is 408 g/mol. The minimum atomic E-state index is -0.263. The highest BCUT2D eigenvalue weighted by atomic mass is 19.1. The van der Waals surface area contributed by atoms with Crippen LogP contribution in [0.1, 0.15) is 37.3 Å². The zero-order valence-electron chi connectivity index (χ0n) is 17.0. The third-order valence-electron chi connectivity index (χ3n) is 6.15. The van der Waals surface area contributed by atoms with Crippen LogP contribution in [-0.2, 0) is 0 Å². The van der Waals surface area contributed by atoms with Crippen LogP contribution in [0, 0.1) is 11.7 Å². The van der Waals surface area contributed by atoms with Crippen molar-refractivity contribution in [3.05, 3.63) is 58.7 Å². The molecule has 0 amide bonds. The normalized spacial score (nSPS) is 17.5. The van der Waals surface area contributed by atoms with Crippen molar-refractivity contribution in [3.63, 3.8) is 0 Å². The van der Waals surface area contributed by atoms with E-state index in [-0.39, 0.29) is 17.3 Å². The average Bonchev–Trinajstić information content (AvgIpc) is 3.59. The Hall–Kier alpha value is -3.03. The van der Waals surface area contributed by atoms with Gasteiger partial charge in [0.1, 0.15) is 17.8 Å². The van der Waals surface area contributed by atoms with Crippen LogP contribution in [0.15, 0.2) is 41.6 Å². The first-order valence-corrected chi connectivity index (χ1v) is 10.5. The van der Waals surface area contributed by atoms with Crippen molar-refractivity contribution in [2.24, 2.45) is 5.92 Å². The third kappa shape index (κ3) is 3.62. The summed E-state index contributed by atoms with van der Waals surface area (Å²) in [6, 6.07) is 7.16. The van der Waals surface area contributed by atoms with E-state index in [1.807, 2.05) is 30.1 Å². The van der Waals surface area contributed by atoms with Crippen LogP contribution in [0.5, 0.6) is 0 Å². The molecule has 1 saturated heterocycles. The maximum Gasteiger partial charge on any atom is 0.259 e. The molecule has 0 aromatic carbocycles. The summed E-state index contributed by atoms with van der Waals surface area (Å²) < 4.78 is 16.4. The van der Waals surface area contributed by atoms with E-state index in [1.165, 1.54) is 6.33 Å². The molecule has 1 saturated carbocycles. The maximum atomic E-state index is 14.8. The molecule has 2 aliphatic rings. The SMILES string of the molecule is CN(CC1CCN(c2cc(=O)n3ccccc3n2)CC1)c1ncnc(C2CC2)c1F. The molecule has 0 radical (unpaired) electrons. The third-order valence-corrected chi connectivity index (χ3v) is 6.15. The largest absolute Gasteiger partial charge is 0.357 e. The summed E-state index contributed by atoms with van der Waals surface area (Å²) in [5, 5.41) is 0. The van der Waals surface area contributed by atoms with Gasteiger partial charge in [-0.3, -0.25) is 9.20 Å². The molecule has 0 bridgehead atoms. The molecule has 0 atom stereocenters. The predicted molar refractivity (Wildman–Crippen MR) is 114 cm³/mol. The molecule has 8 heteroatoms. The number of piperidine rings is 1. The molecule has 1 aliphatic heterocycles. The fraction of sp³-hybridized carbons (Fsp3) is 0.455. The molecular weight excluding hydrogens is 383 g/mol. The van der Waals surface area contributed by atoms with Crippen LogP contribution in [0.3, 0.4) is 0 Å². The summed E-state index contributed by atoms with van der Waals surface area (Å²) >= 11 is 0. The van der Waals surface area contributed by atoms with E-state index in [0.29, 0.717) is 23.1 Å². The van der Waals surface area contributed by atoms with Gasteiger partial charge >= 0.3 is 0 Å². The minimum Gasteiger partial charge on any atom is -0.357 e. The van der Waals surface area contributed by atoms with Gasteiger partial charge in [0.2, 0.25) is 0 Å². The second-order valence-electron chi connectivity index (χ2n) is 8.36. The Morgan fingerprint density at radius 3 is 2.73 bits per heavy atom. The first kappa shape index (κ1) is 19.0. The molecule has 4 heterocycles. The zero-order valence-corrected chi connectivity index (χ0v) is 17.0. The highest BCUT2D eigenvalue weighted by Crippen LogP contribution is 2.41. The van der Waals surface area contributed by atoms with E-state index in [9.17, 15) is 9.18 Å². The molecule has 0 unspecified atom stereocenters. The zero-order chi connectivity index (χ0) is 20.7. The topological polar surface area (TPSA) is 66.6 Å². The fourth-order valence-corrected chi connectivity index (χ4v) is 4.30. The van der Waals surface area contributed by atoms with Crippen LogP contribution in [0.4, 0.5) is 16.0 Å². The lowest BCUT2D eigenvalue weighted by atomic mass is 9.96. The van der Waals surface area contributed by atoms with E-state index in [1.54, 1.807) is 16.7 Å². The van der Waals surface area contributed by atoms with Gasteiger partial charge in [-0.25, -0.2) is 19.3 Å². The molecule has 2 fully saturated rings. The molecule has 1 aliphatic carbocycles. The fourth-order valence-electron chi connectivity index (χ4n) is 4.30. The Balaban J connectivity index is 1.24. The van der Waals surface area contributed by atoms with Crippen molar-refractivity contribution in [1.82, 2.24) is 19.4 Å². The quantitative estimate of drug-likeness (QED) is 0.647. The number of anilines is 2. The van der Waals surface area contributed by atoms with Crippen molar-refractivity contribution in [1.29, 1.82) is 0 Å². The van der Waals surface area contributed by atoms with Gasteiger partial charge in [0.25, 0.3) is 5.56 Å². The molecule has 3 aromatic rings. The number of halogens is 1. The first-order valence-electron chi connectivity index (χ1n) is 10.5. The van der Waals surface area contributed by atoms with E-state index >= 15 is 0 Å². The number of aromatic nitrogens is 4. The second kappa shape index (κ2) is 7.66. The Morgan fingerprint density at radius 2 is 1.97 bits per heavy atom. The van der Waals surface area contributed by atoms with Crippen LogP contribution in [0.2, 0.25) is 0 Å². The summed E-state index contributed by atoms with van der Waals surface area (Å²) in [6.07, 6.45) is 7.17. The highest BCUT2D eigenvalue weighted by molar-refractivity contribution is 5.48. The molecule has 5 rings (SSSR count). The van der Waals surface area contributed by atoms with Gasteiger partial charge in [0.05, 0.1) is 5.69 Å². The molecule has 156 valence electrons. The summed E-state index contributed by atoms with van der Waals surface area (Å²) in [6.45, 7) is 2.40. The van der Waals surface area contributed by atoms with Gasteiger partial charge in [-0.15, -0.1) is 0 Å². The summed E-state index contributed by atoms with van der Waals surface area (Å²) in [7, 11) is 1.90. The summed E-state index contributed by atoms with van der Waals surface area (Å²) in [5.41, 5.74) is 1.16. The summed E-state index contributed by atoms with van der Waals surface area (Å²) in [5.74, 6) is 1.57. The number of fused-ring (bicyclic) bond motifs is 1. The molecular formula is C22H25FN6O. The molecule has 30 heavy (non-hydrogen) atoms. The second-order valence-corrected chi connectivity index (χ2v) is 8.36. The molecule has 7 nitrogen and oxygen atoms in total. The van der Waals surface area contributed by atoms with Gasteiger partial charge in [0, 0.05) is 44.9 Å². The van der Waals surface area contributed by atoms with Crippen molar-refractivity contribution >= 4 is 17.3 Å². The first-order chi connectivity index (χ1) is 14.6. The maximum absolute atomic E-state index is 14.8. The van der Waals surface area contributed by atoms with Crippen molar-refractivity contribution in [2.75, 3.05) is 36.5 Å². The number of rotatable bonds is 5. The number of nitrogens with zero attached hydrogens (tertiary/aromatic N) is 6. The highest BCUT2D eigenvalue weighted by Gasteiger charge is 2.31. The lowest BCUT2D eigenvalue weighted by Gasteiger charge is -2.34. The van der Waals surface area contributed by atoms with Crippen LogP contribution >= 0.6 is 0 Å². The molecule has 0 spiro atoms. The van der Waals surface area contributed by atoms with Crippen molar-refractivity contribution in [3.8, 4) is 0 Å².